The van der Waals surface area contributed by atoms with E-state index in [1.165, 1.54) is 81.5 Å². The van der Waals surface area contributed by atoms with Crippen molar-refractivity contribution in [2.75, 3.05) is 60.1 Å². The van der Waals surface area contributed by atoms with Gasteiger partial charge in [0.15, 0.2) is 71.2 Å². The van der Waals surface area contributed by atoms with E-state index in [1.807, 2.05) is 0 Å². The normalized spacial score (nSPS) is 40.4. The van der Waals surface area contributed by atoms with E-state index in [0.717, 1.165) is 0 Å². The number of rotatable bonds is 13. The first kappa shape index (κ1) is 77.4. The largest absolute Gasteiger partial charge is 0.391 e. The molecule has 105 heavy (non-hydrogen) atoms. The van der Waals surface area contributed by atoms with E-state index in [0.29, 0.717) is 11.2 Å². The van der Waals surface area contributed by atoms with Crippen LogP contribution in [0.25, 0.3) is 22.3 Å². The van der Waals surface area contributed by atoms with Crippen molar-refractivity contribution in [3.05, 3.63) is 35.7 Å². The summed E-state index contributed by atoms with van der Waals surface area (Å²) in [5.74, 6) is -12.7. The number of aliphatic imine (C=N–C) groups is 6. The first-order valence-electron chi connectivity index (χ1n) is 32.6. The number of ether oxygens (including phenoxy) is 8. The van der Waals surface area contributed by atoms with E-state index >= 15 is 0 Å². The zero-order valence-corrected chi connectivity index (χ0v) is 57.3. The van der Waals surface area contributed by atoms with Gasteiger partial charge in [-0.25, -0.2) is 48.7 Å². The molecule has 3 amide bonds. The van der Waals surface area contributed by atoms with E-state index in [2.05, 4.69) is 75.8 Å². The Morgan fingerprint density at radius 3 is 1.30 bits per heavy atom. The van der Waals surface area contributed by atoms with Crippen molar-refractivity contribution in [2.24, 2.45) is 71.0 Å². The molecule has 11 aliphatic heterocycles. The van der Waals surface area contributed by atoms with E-state index in [-0.39, 0.29) is 52.6 Å². The number of carbonyl (C=O) groups is 3. The summed E-state index contributed by atoms with van der Waals surface area (Å²) in [5, 5.41) is 104. The van der Waals surface area contributed by atoms with Crippen LogP contribution in [0.3, 0.4) is 0 Å². The van der Waals surface area contributed by atoms with Crippen LogP contribution in [0.4, 0.5) is 14.6 Å². The third kappa shape index (κ3) is 13.3. The molecule has 47 heteroatoms. The van der Waals surface area contributed by atoms with Crippen LogP contribution < -0.4 is 38.7 Å². The molecule has 0 bridgehead atoms. The maximum atomic E-state index is 14.2. The molecule has 45 nitrogen and oxygen atoms in total. The zero-order valence-electron chi connectivity index (χ0n) is 57.3. The standard InChI is InChI=1S/C12H19N5O5.C12H17N5O4.C12H18N4O5.C11H16FN5O4.C11H13FN4O4/c1-5-7(19)12(3-18,21-2)22-10(5)17-4-14-6-8(17)15-11(13)16-9(6)20;1-6-8(19)12(3-18,20-2)21-11(6)17-5-16-7-9(13)14-4-15-10(7)17;1-6-8(18)12(3-17,20-2)21-11(6)16-5-15-7-9(16)13-4-14-10(7)19;1-4-6(19)11(12,2-18)21-9(4)17-3-14-5-7(17)15-10(13)16-8(5)20;1-5-7(18)11(12,2-17)20-10(5)16-4-15-6-8(16)13-3-14-9(6)19/h4-8,10,18-19H,3H2,1-2H3,(H3,13,15,16,20);4-6,8,11,18-19H,3H2,1-2H3,(H2,13,14,15);4-9,11,17-18H,3H2,1-2H3,(H,13,14,19);3-7,9,18-19H,2H2,1H3,(H3,13,15,16,20);3-5,7,10,17-18H,2H2,1H3,(H,13,14,19)/t5-,6?,7-,8?,10+,12+;6-,8-,11+,12+;6-,7?,8-,9?,11+,12+;4-,5?,6-,7?,9+,11+;5-,7-,10+,11+/m00000/s1. The number of nitrogens with two attached hydrogens (primary N) is 3. The number of nitrogens with zero attached hydrogens (tertiary/aromatic N) is 16. The van der Waals surface area contributed by atoms with Crippen molar-refractivity contribution in [1.82, 2.24) is 69.7 Å². The summed E-state index contributed by atoms with van der Waals surface area (Å²) in [6, 6.07) is -2.14. The van der Waals surface area contributed by atoms with Crippen LogP contribution in [0.15, 0.2) is 60.1 Å². The zero-order chi connectivity index (χ0) is 76.3. The number of carbonyl (C=O) groups excluding carboxylic acids is 3. The number of aromatic nitrogens is 8. The number of halogens is 2. The summed E-state index contributed by atoms with van der Waals surface area (Å²) in [4.78, 5) is 98.8. The summed E-state index contributed by atoms with van der Waals surface area (Å²) in [6.07, 6.45) is -0.665. The molecule has 20 N–H and O–H groups in total. The third-order valence-corrected chi connectivity index (χ3v) is 20.0. The lowest BCUT2D eigenvalue weighted by atomic mass is 9.99. The van der Waals surface area contributed by atoms with Gasteiger partial charge < -0.3 is 131 Å². The molecule has 6 unspecified atom stereocenters. The third-order valence-electron chi connectivity index (χ3n) is 20.0. The lowest BCUT2D eigenvalue weighted by molar-refractivity contribution is -0.271. The molecule has 4 aromatic heterocycles. The number of alkyl halides is 2. The summed E-state index contributed by atoms with van der Waals surface area (Å²) in [6.45, 7) is 5.09. The van der Waals surface area contributed by atoms with E-state index in [4.69, 9.17) is 65.3 Å². The summed E-state index contributed by atoms with van der Waals surface area (Å²) >= 11 is 0. The lowest BCUT2D eigenvalue weighted by Gasteiger charge is -2.34. The van der Waals surface area contributed by atoms with Gasteiger partial charge in [0.2, 0.25) is 17.4 Å². The van der Waals surface area contributed by atoms with Gasteiger partial charge in [-0.1, -0.05) is 34.6 Å². The van der Waals surface area contributed by atoms with Crippen molar-refractivity contribution in [3.8, 4) is 0 Å². The minimum absolute atomic E-state index is 0.00751. The number of nitrogens with one attached hydrogen (secondary N) is 4. The number of methoxy groups -OCH3 is 3. The molecule has 0 aliphatic carbocycles. The second-order valence-electron chi connectivity index (χ2n) is 26.1. The van der Waals surface area contributed by atoms with Crippen molar-refractivity contribution >= 4 is 83.1 Å². The molecule has 5 saturated heterocycles. The van der Waals surface area contributed by atoms with Gasteiger partial charge in [0.25, 0.3) is 35.0 Å². The molecule has 0 aromatic carbocycles. The Balaban J connectivity index is 0.000000131. The Bertz CT molecular complexity index is 4090. The Morgan fingerprint density at radius 2 is 0.867 bits per heavy atom. The van der Waals surface area contributed by atoms with Gasteiger partial charge in [0.1, 0.15) is 86.7 Å². The number of nitrogen functional groups attached to an aromatic ring is 1. The lowest BCUT2D eigenvalue weighted by Crippen LogP contribution is -2.56. The summed E-state index contributed by atoms with van der Waals surface area (Å²) in [7, 11) is 4.09. The quantitative estimate of drug-likeness (QED) is 0.0591. The monoisotopic (exact) mass is 1490 g/mol. The molecule has 0 saturated carbocycles. The van der Waals surface area contributed by atoms with Gasteiger partial charge in [-0.2, -0.15) is 0 Å². The molecule has 4 aromatic rings. The molecule has 5 fully saturated rings. The highest BCUT2D eigenvalue weighted by Crippen LogP contribution is 2.46. The smallest absolute Gasteiger partial charge is 0.278 e. The van der Waals surface area contributed by atoms with Gasteiger partial charge in [0, 0.05) is 50.9 Å². The van der Waals surface area contributed by atoms with Crippen molar-refractivity contribution in [2.45, 2.75) is 162 Å². The number of hydrogen-bond donors (Lipinski definition) is 17. The van der Waals surface area contributed by atoms with Crippen LogP contribution in [0.1, 0.15) is 47.1 Å². The van der Waals surface area contributed by atoms with Gasteiger partial charge in [0.05, 0.1) is 64.2 Å². The first-order valence-corrected chi connectivity index (χ1v) is 32.6. The molecule has 11 aliphatic rings. The summed E-state index contributed by atoms with van der Waals surface area (Å²) < 4.78 is 74.5. The number of guanidine groups is 2. The molecule has 0 radical (unpaired) electrons. The topological polar surface area (TPSA) is 633 Å². The maximum Gasteiger partial charge on any atom is 0.278 e. The predicted molar refractivity (Wildman–Crippen MR) is 351 cm³/mol. The Labute approximate surface area is 592 Å². The molecule has 26 atom stereocenters. The van der Waals surface area contributed by atoms with E-state index < -0.39 is 190 Å². The maximum absolute atomic E-state index is 14.2. The van der Waals surface area contributed by atoms with Gasteiger partial charge >= 0.3 is 0 Å². The Morgan fingerprint density at radius 1 is 0.486 bits per heavy atom. The fourth-order valence-electron chi connectivity index (χ4n) is 13.8. The first-order chi connectivity index (χ1) is 49.9. The molecule has 576 valence electrons. The average molecular weight is 1490 g/mol. The van der Waals surface area contributed by atoms with Gasteiger partial charge in [-0.15, -0.1) is 0 Å². The second-order valence-corrected chi connectivity index (χ2v) is 26.1. The fourth-order valence-corrected chi connectivity index (χ4v) is 13.8. The van der Waals surface area contributed by atoms with Gasteiger partial charge in [-0.3, -0.25) is 53.9 Å². The number of aliphatic hydroxyl groups excluding tert-OH is 10. The van der Waals surface area contributed by atoms with E-state index in [9.17, 15) is 68.8 Å². The number of aromatic amines is 1. The van der Waals surface area contributed by atoms with Crippen LogP contribution >= 0.6 is 0 Å². The Hall–Kier alpha value is -8.73. The number of hydrogen-bond acceptors (Lipinski definition) is 39. The van der Waals surface area contributed by atoms with E-state index in [1.54, 1.807) is 49.0 Å². The second kappa shape index (κ2) is 29.9. The van der Waals surface area contributed by atoms with Crippen LogP contribution in [-0.2, 0) is 52.3 Å². The highest BCUT2D eigenvalue weighted by molar-refractivity contribution is 6.03. The molecular weight excluding hydrogens is 1410 g/mol. The number of H-pyrrole nitrogens is 1. The predicted octanol–water partition coefficient (Wildman–Crippen LogP) is -8.92. The number of fused-ring (bicyclic) bond motifs is 5. The molecule has 15 heterocycles. The number of aliphatic hydroxyl groups is 10. The molecule has 15 rings (SSSR count). The molecular formula is C58H83F2N23O22. The Kier molecular flexibility index (Phi) is 22.0. The fraction of sp³-hybridized carbons (Fsp3) is 0.672. The number of amides is 3. The van der Waals surface area contributed by atoms with Crippen LogP contribution in [0.5, 0.6) is 0 Å². The van der Waals surface area contributed by atoms with Crippen molar-refractivity contribution in [1.29, 1.82) is 0 Å². The van der Waals surface area contributed by atoms with Gasteiger partial charge in [-0.05, 0) is 0 Å². The minimum Gasteiger partial charge on any atom is -0.391 e. The van der Waals surface area contributed by atoms with Crippen molar-refractivity contribution < 1.29 is 112 Å². The van der Waals surface area contributed by atoms with Crippen molar-refractivity contribution in [3.63, 3.8) is 0 Å². The van der Waals surface area contributed by atoms with Crippen LogP contribution in [0, 0.1) is 29.6 Å². The number of anilines is 1. The highest BCUT2D eigenvalue weighted by Gasteiger charge is 2.62. The summed E-state index contributed by atoms with van der Waals surface area (Å²) in [5.41, 5.74) is 17.7. The number of imidazole rings is 2. The SMILES string of the molecule is CO[C@]1(CO)O[C@@H](N2C=NC3C(=O)NC(N)=NC32)[C@@H](C)[C@@H]1O.CO[C@]1(CO)O[C@@H](N2C=NC3C(=O)NC=NC32)[C@@H](C)[C@@H]1O.CO[C@]1(CO)O[C@@H](n2cnc3c(N)ncnc32)[C@@H](C)[C@@H]1O.C[C@@H]1[C@H](N2C=NC3C(=O)NC(N)=NC32)O[C@](F)(CO)[C@H]1O.C[C@@H]1[C@H](n2cnc3c(=O)[nH]cnc32)O[C@](F)(CO)[C@H]1O. The molecule has 0 spiro atoms. The highest BCUT2D eigenvalue weighted by atomic mass is 19.2. The minimum atomic E-state index is -2.55. The average Bonchev–Trinajstić information content (AvgIpc) is 1.63. The van der Waals surface area contributed by atoms with Crippen LogP contribution in [0.2, 0.25) is 0 Å². The van der Waals surface area contributed by atoms with Crippen LogP contribution in [-0.4, -0.2) is 329 Å².